The molecular formula is C8H16O6. The van der Waals surface area contributed by atoms with Gasteiger partial charge in [0.25, 0.3) is 0 Å². The third kappa shape index (κ3) is 2.05. The third-order valence-electron chi connectivity index (χ3n) is 2.36. The Morgan fingerprint density at radius 3 is 2.14 bits per heavy atom. The number of rotatable bonds is 3. The highest BCUT2D eigenvalue weighted by Crippen LogP contribution is 2.23. The van der Waals surface area contributed by atoms with Gasteiger partial charge >= 0.3 is 0 Å². The van der Waals surface area contributed by atoms with Gasteiger partial charge in [0.15, 0.2) is 6.29 Å². The lowest BCUT2D eigenvalue weighted by Gasteiger charge is -2.40. The molecule has 6 heteroatoms. The van der Waals surface area contributed by atoms with Crippen molar-refractivity contribution >= 4 is 0 Å². The number of methoxy groups -OCH3 is 2. The van der Waals surface area contributed by atoms with Gasteiger partial charge < -0.3 is 29.5 Å². The number of ether oxygens (including phenoxy) is 3. The van der Waals surface area contributed by atoms with Gasteiger partial charge in [0.05, 0.1) is 6.61 Å². The number of aliphatic hydroxyl groups is 3. The second-order valence-electron chi connectivity index (χ2n) is 3.14. The summed E-state index contributed by atoms with van der Waals surface area (Å²) in [6.07, 6.45) is -4.52. The first-order valence-electron chi connectivity index (χ1n) is 4.33. The number of hydrogen-bond donors (Lipinski definition) is 3. The van der Waals surface area contributed by atoms with E-state index in [1.54, 1.807) is 0 Å². The summed E-state index contributed by atoms with van der Waals surface area (Å²) in [5.74, 6) is 0. The van der Waals surface area contributed by atoms with E-state index in [9.17, 15) is 10.2 Å². The normalized spacial score (nSPS) is 43.9. The molecule has 1 fully saturated rings. The number of aliphatic hydroxyl groups excluding tert-OH is 3. The molecule has 0 aliphatic carbocycles. The van der Waals surface area contributed by atoms with Gasteiger partial charge in [0.2, 0.25) is 0 Å². The molecule has 0 aromatic rings. The Kier molecular flexibility index (Phi) is 4.24. The van der Waals surface area contributed by atoms with Crippen LogP contribution in [-0.2, 0) is 14.2 Å². The maximum absolute atomic E-state index is 9.49. The molecule has 0 radical (unpaired) electrons. The highest BCUT2D eigenvalue weighted by atomic mass is 16.7. The predicted molar refractivity (Wildman–Crippen MR) is 45.6 cm³/mol. The van der Waals surface area contributed by atoms with Crippen molar-refractivity contribution in [2.45, 2.75) is 30.7 Å². The molecule has 1 rings (SSSR count). The number of hydrogen-bond acceptors (Lipinski definition) is 6. The molecule has 1 aliphatic heterocycles. The summed E-state index contributed by atoms with van der Waals surface area (Å²) in [7, 11) is 2.82. The van der Waals surface area contributed by atoms with Crippen molar-refractivity contribution in [3.63, 3.8) is 0 Å². The van der Waals surface area contributed by atoms with Crippen LogP contribution in [-0.4, -0.2) is 66.9 Å². The van der Waals surface area contributed by atoms with Crippen LogP contribution in [0.4, 0.5) is 0 Å². The summed E-state index contributed by atoms with van der Waals surface area (Å²) in [5, 5.41) is 27.7. The maximum atomic E-state index is 9.49. The Morgan fingerprint density at radius 2 is 1.71 bits per heavy atom. The Hall–Kier alpha value is -0.240. The zero-order chi connectivity index (χ0) is 10.7. The van der Waals surface area contributed by atoms with E-state index in [2.05, 4.69) is 0 Å². The molecule has 0 bridgehead atoms. The summed E-state index contributed by atoms with van der Waals surface area (Å²) in [6, 6.07) is 0. The lowest BCUT2D eigenvalue weighted by Crippen LogP contribution is -2.59. The molecule has 14 heavy (non-hydrogen) atoms. The lowest BCUT2D eigenvalue weighted by atomic mass is 9.99. The Balaban J connectivity index is 2.75. The molecule has 84 valence electrons. The molecule has 1 saturated heterocycles. The quantitative estimate of drug-likeness (QED) is 0.501. The van der Waals surface area contributed by atoms with Gasteiger partial charge in [-0.05, 0) is 0 Å². The average Bonchev–Trinajstić information content (AvgIpc) is 2.20. The zero-order valence-electron chi connectivity index (χ0n) is 8.16. The highest BCUT2D eigenvalue weighted by molar-refractivity contribution is 4.90. The van der Waals surface area contributed by atoms with Crippen molar-refractivity contribution < 1.29 is 29.5 Å². The predicted octanol–water partition coefficient (Wildman–Crippen LogP) is -1.91. The van der Waals surface area contributed by atoms with Gasteiger partial charge in [-0.15, -0.1) is 0 Å². The standard InChI is InChI=1S/C8H16O6/c1-12-6-4(3-9)14-8(11)5(10)7(6)13-2/h4-11H,3H2,1-2H3/t4-,5-,6-,7-,8?/m1/s1. The summed E-state index contributed by atoms with van der Waals surface area (Å²) in [4.78, 5) is 0. The Morgan fingerprint density at radius 1 is 1.14 bits per heavy atom. The van der Waals surface area contributed by atoms with Gasteiger partial charge in [-0.25, -0.2) is 0 Å². The van der Waals surface area contributed by atoms with Crippen molar-refractivity contribution in [1.82, 2.24) is 0 Å². The zero-order valence-corrected chi connectivity index (χ0v) is 8.16. The molecule has 6 nitrogen and oxygen atoms in total. The van der Waals surface area contributed by atoms with Gasteiger partial charge in [-0.2, -0.15) is 0 Å². The van der Waals surface area contributed by atoms with Gasteiger partial charge in [-0.1, -0.05) is 0 Å². The summed E-state index contributed by atoms with van der Waals surface area (Å²) < 4.78 is 15.0. The van der Waals surface area contributed by atoms with E-state index in [1.165, 1.54) is 14.2 Å². The second kappa shape index (κ2) is 5.01. The maximum Gasteiger partial charge on any atom is 0.184 e. The average molecular weight is 208 g/mol. The van der Waals surface area contributed by atoms with Crippen LogP contribution in [0.3, 0.4) is 0 Å². The summed E-state index contributed by atoms with van der Waals surface area (Å²) in [5.41, 5.74) is 0. The minimum atomic E-state index is -1.36. The second-order valence-corrected chi connectivity index (χ2v) is 3.14. The van der Waals surface area contributed by atoms with E-state index in [4.69, 9.17) is 19.3 Å². The van der Waals surface area contributed by atoms with Crippen molar-refractivity contribution in [1.29, 1.82) is 0 Å². The minimum Gasteiger partial charge on any atom is -0.394 e. The van der Waals surface area contributed by atoms with Crippen LogP contribution in [0.2, 0.25) is 0 Å². The molecule has 1 aliphatic rings. The van der Waals surface area contributed by atoms with E-state index in [0.717, 1.165) is 0 Å². The molecule has 0 saturated carbocycles. The minimum absolute atomic E-state index is 0.303. The molecule has 5 atom stereocenters. The molecule has 0 aromatic heterocycles. The molecule has 1 heterocycles. The van der Waals surface area contributed by atoms with Gasteiger partial charge in [0.1, 0.15) is 24.4 Å². The smallest absolute Gasteiger partial charge is 0.184 e. The van der Waals surface area contributed by atoms with Crippen LogP contribution in [0.15, 0.2) is 0 Å². The fourth-order valence-electron chi connectivity index (χ4n) is 1.61. The van der Waals surface area contributed by atoms with E-state index in [-0.39, 0.29) is 6.61 Å². The van der Waals surface area contributed by atoms with Crippen molar-refractivity contribution in [3.8, 4) is 0 Å². The molecule has 0 aromatic carbocycles. The van der Waals surface area contributed by atoms with Crippen molar-refractivity contribution in [2.24, 2.45) is 0 Å². The Bertz CT molecular complexity index is 171. The SMILES string of the molecule is CO[C@H]1[C@H](OC)[C@@H](O)C(O)O[C@@H]1CO. The Labute approximate surface area is 82.0 Å². The van der Waals surface area contributed by atoms with E-state index >= 15 is 0 Å². The van der Waals surface area contributed by atoms with Crippen LogP contribution in [0.1, 0.15) is 0 Å². The molecule has 1 unspecified atom stereocenters. The van der Waals surface area contributed by atoms with E-state index < -0.39 is 30.7 Å². The van der Waals surface area contributed by atoms with E-state index in [0.29, 0.717) is 0 Å². The highest BCUT2D eigenvalue weighted by Gasteiger charge is 2.44. The third-order valence-corrected chi connectivity index (χ3v) is 2.36. The molecule has 3 N–H and O–H groups in total. The largest absolute Gasteiger partial charge is 0.394 e. The van der Waals surface area contributed by atoms with Crippen molar-refractivity contribution in [2.75, 3.05) is 20.8 Å². The lowest BCUT2D eigenvalue weighted by molar-refractivity contribution is -0.294. The van der Waals surface area contributed by atoms with Crippen LogP contribution in [0.5, 0.6) is 0 Å². The first kappa shape index (κ1) is 11.8. The monoisotopic (exact) mass is 208 g/mol. The van der Waals surface area contributed by atoms with Crippen LogP contribution in [0.25, 0.3) is 0 Å². The first-order valence-corrected chi connectivity index (χ1v) is 4.33. The van der Waals surface area contributed by atoms with Gasteiger partial charge in [0, 0.05) is 14.2 Å². The van der Waals surface area contributed by atoms with Crippen LogP contribution < -0.4 is 0 Å². The molecule has 0 spiro atoms. The van der Waals surface area contributed by atoms with Crippen LogP contribution in [0, 0.1) is 0 Å². The van der Waals surface area contributed by atoms with Gasteiger partial charge in [-0.3, -0.25) is 0 Å². The molecule has 0 amide bonds. The topological polar surface area (TPSA) is 88.4 Å². The fraction of sp³-hybridized carbons (Fsp3) is 1.00. The van der Waals surface area contributed by atoms with Crippen LogP contribution >= 0.6 is 0 Å². The summed E-state index contributed by atoms with van der Waals surface area (Å²) in [6.45, 7) is -0.303. The fourth-order valence-corrected chi connectivity index (χ4v) is 1.61. The van der Waals surface area contributed by atoms with Crippen molar-refractivity contribution in [3.05, 3.63) is 0 Å². The molecular weight excluding hydrogens is 192 g/mol. The summed E-state index contributed by atoms with van der Waals surface area (Å²) >= 11 is 0. The van der Waals surface area contributed by atoms with E-state index in [1.807, 2.05) is 0 Å². The first-order chi connectivity index (χ1) is 6.65.